The highest BCUT2D eigenvalue weighted by Gasteiger charge is 2.28. The molecule has 6 nitrogen and oxygen atoms in total. The number of H-pyrrole nitrogens is 1. The van der Waals surface area contributed by atoms with Gasteiger partial charge in [0, 0.05) is 16.5 Å². The first-order chi connectivity index (χ1) is 11.7. The molecule has 1 N–H and O–H groups in total. The number of esters is 1. The minimum Gasteiger partial charge on any atom is -0.491 e. The summed E-state index contributed by atoms with van der Waals surface area (Å²) in [6, 6.07) is 7.65. The summed E-state index contributed by atoms with van der Waals surface area (Å²) in [7, 11) is 6.02. The van der Waals surface area contributed by atoms with Crippen LogP contribution in [0.5, 0.6) is 16.6 Å². The maximum atomic E-state index is 12.3. The lowest BCUT2D eigenvalue weighted by Gasteiger charge is -2.06. The molecule has 0 saturated carbocycles. The quantitative estimate of drug-likeness (QED) is 0.713. The molecule has 0 fully saturated rings. The van der Waals surface area contributed by atoms with Crippen LogP contribution in [0, 0.1) is 0 Å². The second-order valence-electron chi connectivity index (χ2n) is 4.90. The average molecular weight is 347 g/mol. The van der Waals surface area contributed by atoms with Crippen molar-refractivity contribution in [1.29, 1.82) is 0 Å². The van der Waals surface area contributed by atoms with Gasteiger partial charge in [0.2, 0.25) is 10.8 Å². The predicted octanol–water partition coefficient (Wildman–Crippen LogP) is 3.71. The zero-order valence-corrected chi connectivity index (χ0v) is 14.6. The number of para-hydroxylation sites is 1. The van der Waals surface area contributed by atoms with Crippen LogP contribution in [0.1, 0.15) is 10.5 Å². The van der Waals surface area contributed by atoms with E-state index >= 15 is 0 Å². The summed E-state index contributed by atoms with van der Waals surface area (Å²) in [5.41, 5.74) is 1.91. The van der Waals surface area contributed by atoms with Crippen molar-refractivity contribution in [3.05, 3.63) is 30.0 Å². The van der Waals surface area contributed by atoms with Gasteiger partial charge in [-0.2, -0.15) is 0 Å². The fraction of sp³-hybridized carbons (Fsp3) is 0.235. The first-order valence-electron chi connectivity index (χ1n) is 7.14. The van der Waals surface area contributed by atoms with Gasteiger partial charge in [0.25, 0.3) is 0 Å². The van der Waals surface area contributed by atoms with Crippen LogP contribution >= 0.6 is 11.3 Å². The highest BCUT2D eigenvalue weighted by atomic mass is 32.1. The van der Waals surface area contributed by atoms with E-state index in [0.717, 1.165) is 15.8 Å². The molecule has 7 heteroatoms. The molecule has 0 atom stereocenters. The number of fused-ring (bicyclic) bond motifs is 1. The van der Waals surface area contributed by atoms with Gasteiger partial charge in [-0.15, -0.1) is 0 Å². The fourth-order valence-electron chi connectivity index (χ4n) is 2.67. The van der Waals surface area contributed by atoms with Gasteiger partial charge in [-0.1, -0.05) is 29.5 Å². The van der Waals surface area contributed by atoms with Crippen LogP contribution in [-0.2, 0) is 4.74 Å². The molecule has 3 rings (SSSR count). The monoisotopic (exact) mass is 347 g/mol. The maximum Gasteiger partial charge on any atom is 0.355 e. The van der Waals surface area contributed by atoms with E-state index in [1.165, 1.54) is 18.4 Å². The third-order valence-electron chi connectivity index (χ3n) is 3.71. The second-order valence-corrected chi connectivity index (χ2v) is 5.88. The van der Waals surface area contributed by atoms with Crippen molar-refractivity contribution in [1.82, 2.24) is 4.98 Å². The predicted molar refractivity (Wildman–Crippen MR) is 92.6 cm³/mol. The average Bonchev–Trinajstić information content (AvgIpc) is 3.17. The number of aromatic amines is 1. The Morgan fingerprint density at radius 2 is 1.71 bits per heavy atom. The van der Waals surface area contributed by atoms with Crippen LogP contribution in [0.3, 0.4) is 0 Å². The van der Waals surface area contributed by atoms with E-state index in [9.17, 15) is 4.79 Å². The Morgan fingerprint density at radius 3 is 2.33 bits per heavy atom. The van der Waals surface area contributed by atoms with Gasteiger partial charge in [-0.3, -0.25) is 0 Å². The van der Waals surface area contributed by atoms with Crippen LogP contribution in [0.2, 0.25) is 0 Å². The molecular weight excluding hydrogens is 330 g/mol. The van der Waals surface area contributed by atoms with E-state index in [-0.39, 0.29) is 0 Å². The minimum absolute atomic E-state index is 0.364. The van der Waals surface area contributed by atoms with Crippen LogP contribution < -0.4 is 14.2 Å². The van der Waals surface area contributed by atoms with Crippen molar-refractivity contribution in [3.63, 3.8) is 0 Å². The highest BCUT2D eigenvalue weighted by Crippen LogP contribution is 2.54. The Hall–Kier alpha value is -2.67. The molecule has 0 amide bonds. The minimum atomic E-state index is -0.449. The van der Waals surface area contributed by atoms with E-state index in [1.807, 2.05) is 24.3 Å². The Labute approximate surface area is 142 Å². The Kier molecular flexibility index (Phi) is 4.35. The zero-order valence-electron chi connectivity index (χ0n) is 13.8. The molecule has 126 valence electrons. The number of carbonyl (C=O) groups is 1. The number of hydrogen-bond acceptors (Lipinski definition) is 6. The third-order valence-corrected chi connectivity index (χ3v) is 4.84. The molecule has 0 aliphatic heterocycles. The van der Waals surface area contributed by atoms with Gasteiger partial charge in [-0.25, -0.2) is 4.79 Å². The van der Waals surface area contributed by atoms with Gasteiger partial charge in [-0.05, 0) is 6.07 Å². The van der Waals surface area contributed by atoms with Gasteiger partial charge < -0.3 is 23.9 Å². The molecule has 0 bridgehead atoms. The molecule has 0 spiro atoms. The van der Waals surface area contributed by atoms with Gasteiger partial charge in [0.05, 0.1) is 33.3 Å². The summed E-state index contributed by atoms with van der Waals surface area (Å²) in [4.78, 5) is 16.1. The lowest BCUT2D eigenvalue weighted by atomic mass is 10.1. The summed E-state index contributed by atoms with van der Waals surface area (Å²) in [6.07, 6.45) is 0. The number of thiophene rings is 1. The maximum absolute atomic E-state index is 12.3. The van der Waals surface area contributed by atoms with Crippen LogP contribution in [0.4, 0.5) is 0 Å². The van der Waals surface area contributed by atoms with Crippen LogP contribution in [0.15, 0.2) is 24.3 Å². The van der Waals surface area contributed by atoms with Crippen molar-refractivity contribution in [3.8, 4) is 27.0 Å². The van der Waals surface area contributed by atoms with E-state index in [1.54, 1.807) is 21.3 Å². The number of rotatable bonds is 5. The SMILES string of the molecule is COC(=O)c1[nH]c2ccccc2c1-c1sc(OC)c(OC)c1OC. The number of hydrogen-bond donors (Lipinski definition) is 1. The normalized spacial score (nSPS) is 10.7. The van der Waals surface area contributed by atoms with Crippen molar-refractivity contribution in [2.45, 2.75) is 0 Å². The number of ether oxygens (including phenoxy) is 4. The van der Waals surface area contributed by atoms with Gasteiger partial charge >= 0.3 is 5.97 Å². The first-order valence-corrected chi connectivity index (χ1v) is 7.96. The molecule has 0 unspecified atom stereocenters. The van der Waals surface area contributed by atoms with Gasteiger partial charge in [0.15, 0.2) is 5.75 Å². The zero-order chi connectivity index (χ0) is 17.3. The van der Waals surface area contributed by atoms with Gasteiger partial charge in [0.1, 0.15) is 5.69 Å². The summed E-state index contributed by atoms with van der Waals surface area (Å²) >= 11 is 1.35. The molecule has 24 heavy (non-hydrogen) atoms. The summed E-state index contributed by atoms with van der Waals surface area (Å²) in [5.74, 6) is 0.574. The molecule has 2 heterocycles. The fourth-order valence-corrected chi connectivity index (χ4v) is 3.79. The summed E-state index contributed by atoms with van der Waals surface area (Å²) in [5, 5.41) is 1.47. The Balaban J connectivity index is 2.37. The van der Waals surface area contributed by atoms with Crippen molar-refractivity contribution in [2.24, 2.45) is 0 Å². The molecule has 1 aromatic carbocycles. The molecule has 0 saturated heterocycles. The smallest absolute Gasteiger partial charge is 0.355 e. The van der Waals surface area contributed by atoms with Crippen LogP contribution in [-0.4, -0.2) is 39.4 Å². The highest BCUT2D eigenvalue weighted by molar-refractivity contribution is 7.18. The van der Waals surface area contributed by atoms with Crippen molar-refractivity contribution in [2.75, 3.05) is 28.4 Å². The van der Waals surface area contributed by atoms with E-state index in [0.29, 0.717) is 27.8 Å². The number of carbonyl (C=O) groups excluding carboxylic acids is 1. The van der Waals surface area contributed by atoms with E-state index in [4.69, 9.17) is 18.9 Å². The molecule has 3 aromatic rings. The lowest BCUT2D eigenvalue weighted by molar-refractivity contribution is 0.0596. The Bertz CT molecular complexity index is 896. The molecule has 2 aromatic heterocycles. The standard InChI is InChI=1S/C17H17NO5S/c1-20-13-14(21-2)17(23-4)24-15(13)11-9-7-5-6-8-10(9)18-12(11)16(19)22-3/h5-8,18H,1-4H3. The number of nitrogens with one attached hydrogen (secondary N) is 1. The number of methoxy groups -OCH3 is 4. The van der Waals surface area contributed by atoms with E-state index in [2.05, 4.69) is 4.98 Å². The Morgan fingerprint density at radius 1 is 1.00 bits per heavy atom. The summed E-state index contributed by atoms with van der Waals surface area (Å²) < 4.78 is 21.2. The largest absolute Gasteiger partial charge is 0.491 e. The second kappa shape index (κ2) is 6.45. The lowest BCUT2D eigenvalue weighted by Crippen LogP contribution is -2.03. The molecular formula is C17H17NO5S. The topological polar surface area (TPSA) is 69.8 Å². The first kappa shape index (κ1) is 16.2. The van der Waals surface area contributed by atoms with Crippen LogP contribution in [0.25, 0.3) is 21.3 Å². The summed E-state index contributed by atoms with van der Waals surface area (Å²) in [6.45, 7) is 0. The van der Waals surface area contributed by atoms with Crippen molar-refractivity contribution < 1.29 is 23.7 Å². The third kappa shape index (κ3) is 2.37. The number of benzene rings is 1. The molecule has 0 radical (unpaired) electrons. The molecule has 0 aliphatic carbocycles. The van der Waals surface area contributed by atoms with E-state index < -0.39 is 5.97 Å². The number of aromatic nitrogens is 1. The molecule has 0 aliphatic rings. The van der Waals surface area contributed by atoms with Crippen molar-refractivity contribution >= 4 is 28.2 Å².